The number of benzene rings is 1. The molecule has 21 heavy (non-hydrogen) atoms. The maximum Gasteiger partial charge on any atom is 0.302 e. The topological polar surface area (TPSA) is 98.2 Å². The van der Waals surface area contributed by atoms with Crippen LogP contribution in [0.3, 0.4) is 0 Å². The van der Waals surface area contributed by atoms with Crippen molar-refractivity contribution in [3.8, 4) is 5.88 Å². The standard InChI is InChI=1S/C12H10ClN3O4S/c1-20-10-7-9(13)14-11(15-10)12(17)16-21(18,19)8-5-3-2-4-6-8/h2-7H,1H3,(H,16,17). The van der Waals surface area contributed by atoms with Crippen LogP contribution < -0.4 is 9.46 Å². The highest BCUT2D eigenvalue weighted by Crippen LogP contribution is 2.14. The Morgan fingerprint density at radius 2 is 1.90 bits per heavy atom. The average molecular weight is 328 g/mol. The van der Waals surface area contributed by atoms with Crippen LogP contribution in [-0.4, -0.2) is 31.4 Å². The number of nitrogens with one attached hydrogen (secondary N) is 1. The molecular weight excluding hydrogens is 318 g/mol. The van der Waals surface area contributed by atoms with Crippen molar-refractivity contribution >= 4 is 27.5 Å². The molecule has 1 heterocycles. The van der Waals surface area contributed by atoms with Gasteiger partial charge in [-0.1, -0.05) is 29.8 Å². The Labute approximate surface area is 126 Å². The number of carbonyl (C=O) groups is 1. The molecule has 0 bridgehead atoms. The van der Waals surface area contributed by atoms with Crippen molar-refractivity contribution in [1.29, 1.82) is 0 Å². The van der Waals surface area contributed by atoms with Gasteiger partial charge in [0.05, 0.1) is 12.0 Å². The van der Waals surface area contributed by atoms with Crippen LogP contribution in [0.15, 0.2) is 41.3 Å². The van der Waals surface area contributed by atoms with Gasteiger partial charge in [-0.3, -0.25) is 4.79 Å². The summed E-state index contributed by atoms with van der Waals surface area (Å²) in [6, 6.07) is 8.75. The highest BCUT2D eigenvalue weighted by Gasteiger charge is 2.21. The van der Waals surface area contributed by atoms with Crippen LogP contribution in [0.2, 0.25) is 5.15 Å². The number of halogens is 1. The lowest BCUT2D eigenvalue weighted by Gasteiger charge is -2.07. The molecule has 0 atom stereocenters. The molecular formula is C12H10ClN3O4S. The zero-order valence-corrected chi connectivity index (χ0v) is 12.4. The van der Waals surface area contributed by atoms with Crippen molar-refractivity contribution < 1.29 is 17.9 Å². The van der Waals surface area contributed by atoms with Crippen LogP contribution in [0.4, 0.5) is 0 Å². The van der Waals surface area contributed by atoms with Gasteiger partial charge in [-0.25, -0.2) is 18.1 Å². The smallest absolute Gasteiger partial charge is 0.302 e. The summed E-state index contributed by atoms with van der Waals surface area (Å²) in [7, 11) is -2.67. The number of ether oxygens (including phenoxy) is 1. The minimum Gasteiger partial charge on any atom is -0.481 e. The molecule has 0 spiro atoms. The van der Waals surface area contributed by atoms with Gasteiger partial charge in [0.1, 0.15) is 5.15 Å². The lowest BCUT2D eigenvalue weighted by molar-refractivity contribution is 0.0970. The largest absolute Gasteiger partial charge is 0.481 e. The number of methoxy groups -OCH3 is 1. The molecule has 7 nitrogen and oxygen atoms in total. The number of sulfonamides is 1. The van der Waals surface area contributed by atoms with Gasteiger partial charge in [-0.15, -0.1) is 0 Å². The van der Waals surface area contributed by atoms with E-state index in [1.807, 2.05) is 4.72 Å². The van der Waals surface area contributed by atoms with Crippen molar-refractivity contribution in [2.75, 3.05) is 7.11 Å². The number of nitrogens with zero attached hydrogens (tertiary/aromatic N) is 2. The minimum absolute atomic E-state index is 0.0379. The quantitative estimate of drug-likeness (QED) is 0.849. The van der Waals surface area contributed by atoms with E-state index in [4.69, 9.17) is 16.3 Å². The summed E-state index contributed by atoms with van der Waals surface area (Å²) < 4.78 is 30.7. The van der Waals surface area contributed by atoms with Gasteiger partial charge < -0.3 is 4.74 Å². The summed E-state index contributed by atoms with van der Waals surface area (Å²) in [5.41, 5.74) is 0. The monoisotopic (exact) mass is 327 g/mol. The van der Waals surface area contributed by atoms with Gasteiger partial charge in [0.15, 0.2) is 0 Å². The van der Waals surface area contributed by atoms with Gasteiger partial charge in [0.25, 0.3) is 10.0 Å². The van der Waals surface area contributed by atoms with Gasteiger partial charge in [-0.05, 0) is 12.1 Å². The van der Waals surface area contributed by atoms with Crippen molar-refractivity contribution in [2.24, 2.45) is 0 Å². The van der Waals surface area contributed by atoms with Crippen LogP contribution in [0, 0.1) is 0 Å². The third kappa shape index (κ3) is 3.67. The average Bonchev–Trinajstić information content (AvgIpc) is 2.47. The van der Waals surface area contributed by atoms with E-state index < -0.39 is 21.8 Å². The lowest BCUT2D eigenvalue weighted by Crippen LogP contribution is -2.32. The van der Waals surface area contributed by atoms with E-state index in [9.17, 15) is 13.2 Å². The summed E-state index contributed by atoms with van der Waals surface area (Å²) in [6.45, 7) is 0. The fraction of sp³-hybridized carbons (Fsp3) is 0.0833. The molecule has 0 saturated carbocycles. The Bertz CT molecular complexity index is 765. The molecule has 0 radical (unpaired) electrons. The van der Waals surface area contributed by atoms with E-state index in [2.05, 4.69) is 9.97 Å². The first-order valence-corrected chi connectivity index (χ1v) is 7.49. The van der Waals surface area contributed by atoms with E-state index in [1.54, 1.807) is 6.07 Å². The van der Waals surface area contributed by atoms with Crippen molar-refractivity contribution in [3.63, 3.8) is 0 Å². The fourth-order valence-corrected chi connectivity index (χ4v) is 2.57. The molecule has 0 aliphatic rings. The molecule has 9 heteroatoms. The van der Waals surface area contributed by atoms with Crippen LogP contribution in [0.25, 0.3) is 0 Å². The molecule has 0 aliphatic heterocycles. The molecule has 110 valence electrons. The summed E-state index contributed by atoms with van der Waals surface area (Å²) in [5, 5.41) is -0.0379. The Balaban J connectivity index is 2.28. The highest BCUT2D eigenvalue weighted by atomic mass is 35.5. The molecule has 1 aromatic heterocycles. The third-order valence-electron chi connectivity index (χ3n) is 2.36. The predicted molar refractivity (Wildman–Crippen MR) is 74.7 cm³/mol. The molecule has 2 aromatic rings. The number of amides is 1. The number of carbonyl (C=O) groups excluding carboxylic acids is 1. The fourth-order valence-electron chi connectivity index (χ4n) is 1.43. The zero-order chi connectivity index (χ0) is 15.5. The number of hydrogen-bond donors (Lipinski definition) is 1. The first-order chi connectivity index (χ1) is 9.92. The van der Waals surface area contributed by atoms with E-state index >= 15 is 0 Å². The van der Waals surface area contributed by atoms with E-state index in [-0.39, 0.29) is 15.9 Å². The second-order valence-electron chi connectivity index (χ2n) is 3.80. The first-order valence-electron chi connectivity index (χ1n) is 5.63. The van der Waals surface area contributed by atoms with Gasteiger partial charge in [-0.2, -0.15) is 4.98 Å². The van der Waals surface area contributed by atoms with E-state index in [1.165, 1.54) is 37.4 Å². The maximum atomic E-state index is 12.0. The lowest BCUT2D eigenvalue weighted by atomic mass is 10.4. The zero-order valence-electron chi connectivity index (χ0n) is 10.8. The Morgan fingerprint density at radius 1 is 1.24 bits per heavy atom. The minimum atomic E-state index is -4.00. The Morgan fingerprint density at radius 3 is 2.52 bits per heavy atom. The summed E-state index contributed by atoms with van der Waals surface area (Å²) >= 11 is 5.70. The van der Waals surface area contributed by atoms with Crippen LogP contribution in [0.1, 0.15) is 10.6 Å². The summed E-state index contributed by atoms with van der Waals surface area (Å²) in [4.78, 5) is 19.3. The van der Waals surface area contributed by atoms with Crippen molar-refractivity contribution in [3.05, 3.63) is 47.4 Å². The van der Waals surface area contributed by atoms with E-state index in [0.29, 0.717) is 0 Å². The Kier molecular flexibility index (Phi) is 4.39. The van der Waals surface area contributed by atoms with Gasteiger partial charge in [0, 0.05) is 6.07 Å². The molecule has 0 fully saturated rings. The van der Waals surface area contributed by atoms with Gasteiger partial charge in [0.2, 0.25) is 11.7 Å². The molecule has 0 unspecified atom stereocenters. The second kappa shape index (κ2) is 6.06. The summed E-state index contributed by atoms with van der Waals surface area (Å²) in [6.07, 6.45) is 0. The van der Waals surface area contributed by atoms with Crippen LogP contribution >= 0.6 is 11.6 Å². The van der Waals surface area contributed by atoms with E-state index in [0.717, 1.165) is 0 Å². The van der Waals surface area contributed by atoms with Crippen LogP contribution in [0.5, 0.6) is 5.88 Å². The van der Waals surface area contributed by atoms with Crippen LogP contribution in [-0.2, 0) is 10.0 Å². The van der Waals surface area contributed by atoms with Gasteiger partial charge >= 0.3 is 5.91 Å². The predicted octanol–water partition coefficient (Wildman–Crippen LogP) is 1.26. The molecule has 1 amide bonds. The molecule has 0 saturated heterocycles. The van der Waals surface area contributed by atoms with Crippen molar-refractivity contribution in [2.45, 2.75) is 4.90 Å². The SMILES string of the molecule is COc1cc(Cl)nc(C(=O)NS(=O)(=O)c2ccccc2)n1. The highest BCUT2D eigenvalue weighted by molar-refractivity contribution is 7.90. The maximum absolute atomic E-state index is 12.0. The summed E-state index contributed by atoms with van der Waals surface area (Å²) in [5.74, 6) is -1.35. The molecule has 0 aliphatic carbocycles. The number of hydrogen-bond acceptors (Lipinski definition) is 6. The number of rotatable bonds is 4. The third-order valence-corrected chi connectivity index (χ3v) is 3.90. The molecule has 1 N–H and O–H groups in total. The Hall–Kier alpha value is -2.19. The molecule has 2 rings (SSSR count). The number of aromatic nitrogens is 2. The molecule has 1 aromatic carbocycles. The van der Waals surface area contributed by atoms with Crippen molar-refractivity contribution in [1.82, 2.24) is 14.7 Å². The second-order valence-corrected chi connectivity index (χ2v) is 5.87. The normalized spacial score (nSPS) is 11.0. The first kappa shape index (κ1) is 15.2.